The fourth-order valence-corrected chi connectivity index (χ4v) is 7.09. The third-order valence-electron chi connectivity index (χ3n) is 10.1. The molecule has 3 aliphatic rings. The van der Waals surface area contributed by atoms with Gasteiger partial charge in [-0.1, -0.05) is 37.3 Å². The molecule has 20 nitrogen and oxygen atoms in total. The molecule has 314 valence electrons. The van der Waals surface area contributed by atoms with Crippen LogP contribution in [0.1, 0.15) is 69.3 Å². The first-order valence-electron chi connectivity index (χ1n) is 18.8. The van der Waals surface area contributed by atoms with E-state index in [2.05, 4.69) is 20.6 Å². The molecule has 55 heavy (non-hydrogen) atoms. The van der Waals surface area contributed by atoms with Crippen molar-refractivity contribution in [2.45, 2.75) is 126 Å². The molecule has 12 atom stereocenters. The zero-order valence-electron chi connectivity index (χ0n) is 31.3. The van der Waals surface area contributed by atoms with E-state index >= 15 is 0 Å². The van der Waals surface area contributed by atoms with Gasteiger partial charge in [-0.15, -0.1) is 0 Å². The van der Waals surface area contributed by atoms with Crippen LogP contribution >= 0.6 is 11.6 Å². The van der Waals surface area contributed by atoms with Crippen LogP contribution in [0.15, 0.2) is 0 Å². The normalized spacial score (nSPS) is 27.7. The third-order valence-corrected chi connectivity index (χ3v) is 10.3. The van der Waals surface area contributed by atoms with Crippen LogP contribution < -0.4 is 22.1 Å². The molecule has 1 saturated carbocycles. The maximum absolute atomic E-state index is 12.4. The zero-order chi connectivity index (χ0) is 40.2. The smallest absolute Gasteiger partial charge is 0.280 e. The Balaban J connectivity index is 1.20. The van der Waals surface area contributed by atoms with Crippen LogP contribution in [0.4, 0.5) is 11.6 Å². The first-order chi connectivity index (χ1) is 26.1. The number of unbranched alkanes of at least 4 members (excludes halogenated alkanes) is 1. The first-order valence-corrected chi connectivity index (χ1v) is 19.2. The molecule has 0 spiro atoms. The van der Waals surface area contributed by atoms with Gasteiger partial charge in [-0.3, -0.25) is 20.4 Å². The minimum atomic E-state index is -1.59. The van der Waals surface area contributed by atoms with Crippen molar-refractivity contribution < 1.29 is 59.1 Å². The van der Waals surface area contributed by atoms with Crippen molar-refractivity contribution in [1.29, 1.82) is 5.41 Å². The molecule has 21 heteroatoms. The number of hydrogen-bond acceptors (Lipinski definition) is 18. The van der Waals surface area contributed by atoms with Gasteiger partial charge in [0.15, 0.2) is 41.0 Å². The van der Waals surface area contributed by atoms with Crippen molar-refractivity contribution in [3.8, 4) is 0 Å². The average Bonchev–Trinajstić information content (AvgIpc) is 3.79. The summed E-state index contributed by atoms with van der Waals surface area (Å²) in [5.41, 5.74) is 11.0. The van der Waals surface area contributed by atoms with E-state index in [0.717, 1.165) is 44.9 Å². The topological polar surface area (TPSA) is 314 Å². The molecule has 3 fully saturated rings. The molecule has 2 aliphatic heterocycles. The lowest BCUT2D eigenvalue weighted by Gasteiger charge is -2.34. The SMILES string of the molecule is C[C@@H]1OC[C@H]([C@@H](O)[C@H](O)[C@@H](O)CN(CCOC2CCCC(CCCCNC(=N)NC(=O)c3nc(Cl)c(N)nc3N)C2)C[C@H](O)[C@@H](O)[C@H](O)[C@H]2CO[C@@H](C)O2)O1. The number of carbonyl (C=O) groups excluding carboxylic acids is 1. The lowest BCUT2D eigenvalue weighted by atomic mass is 9.84. The van der Waals surface area contributed by atoms with Gasteiger partial charge in [-0.2, -0.15) is 0 Å². The summed E-state index contributed by atoms with van der Waals surface area (Å²) in [5.74, 6) is -0.819. The molecular formula is C34H59ClN8O12. The Hall–Kier alpha value is -2.57. The fraction of sp³-hybridized carbons (Fsp3) is 0.824. The van der Waals surface area contributed by atoms with Gasteiger partial charge in [0, 0.05) is 26.2 Å². The van der Waals surface area contributed by atoms with Crippen LogP contribution in [-0.2, 0) is 23.7 Å². The van der Waals surface area contributed by atoms with E-state index in [1.807, 2.05) is 0 Å². The average molecular weight is 807 g/mol. The number of aliphatic hydroxyl groups excluding tert-OH is 6. The van der Waals surface area contributed by atoms with Crippen molar-refractivity contribution in [3.05, 3.63) is 10.8 Å². The summed E-state index contributed by atoms with van der Waals surface area (Å²) in [4.78, 5) is 21.6. The van der Waals surface area contributed by atoms with Gasteiger partial charge >= 0.3 is 0 Å². The second-order valence-corrected chi connectivity index (χ2v) is 14.8. The highest BCUT2D eigenvalue weighted by Gasteiger charge is 2.39. The molecule has 1 aromatic heterocycles. The highest BCUT2D eigenvalue weighted by Crippen LogP contribution is 2.30. The number of rotatable bonds is 20. The van der Waals surface area contributed by atoms with Crippen LogP contribution in [0.2, 0.25) is 5.15 Å². The number of nitrogens with one attached hydrogen (secondary N) is 3. The van der Waals surface area contributed by atoms with Crippen LogP contribution in [0.25, 0.3) is 0 Å². The summed E-state index contributed by atoms with van der Waals surface area (Å²) in [6.07, 6.45) is -5.42. The van der Waals surface area contributed by atoms with Gasteiger partial charge in [-0.25, -0.2) is 9.97 Å². The molecule has 4 rings (SSSR count). The maximum Gasteiger partial charge on any atom is 0.280 e. The van der Waals surface area contributed by atoms with Gasteiger partial charge in [0.05, 0.1) is 38.1 Å². The predicted octanol–water partition coefficient (Wildman–Crippen LogP) is -1.72. The Kier molecular flexibility index (Phi) is 17.9. The third kappa shape index (κ3) is 13.8. The van der Waals surface area contributed by atoms with Crippen LogP contribution in [0.5, 0.6) is 0 Å². The summed E-state index contributed by atoms with van der Waals surface area (Å²) in [6, 6.07) is 0. The molecule has 3 heterocycles. The van der Waals surface area contributed by atoms with Gasteiger partial charge in [-0.05, 0) is 39.0 Å². The molecule has 1 amide bonds. The van der Waals surface area contributed by atoms with Gasteiger partial charge in [0.1, 0.15) is 36.6 Å². The number of carbonyl (C=O) groups is 1. The quantitative estimate of drug-likeness (QED) is 0.0397. The summed E-state index contributed by atoms with van der Waals surface area (Å²) in [7, 11) is 0. The van der Waals surface area contributed by atoms with Crippen LogP contribution in [-0.4, -0.2) is 171 Å². The van der Waals surface area contributed by atoms with Crippen molar-refractivity contribution >= 4 is 35.1 Å². The zero-order valence-corrected chi connectivity index (χ0v) is 32.1. The van der Waals surface area contributed by atoms with E-state index in [9.17, 15) is 35.4 Å². The lowest BCUT2D eigenvalue weighted by molar-refractivity contribution is -0.136. The molecule has 1 aliphatic carbocycles. The second kappa shape index (κ2) is 21.8. The largest absolute Gasteiger partial charge is 0.389 e. The molecule has 0 bridgehead atoms. The molecule has 2 saturated heterocycles. The van der Waals surface area contributed by atoms with Crippen molar-refractivity contribution in [2.75, 3.05) is 57.5 Å². The molecule has 0 radical (unpaired) electrons. The Morgan fingerprint density at radius 2 is 1.55 bits per heavy atom. The Labute approximate surface area is 325 Å². The molecule has 0 aromatic carbocycles. The first kappa shape index (κ1) is 45.1. The number of ether oxygens (including phenoxy) is 5. The Morgan fingerprint density at radius 1 is 0.945 bits per heavy atom. The van der Waals surface area contributed by atoms with E-state index in [0.29, 0.717) is 12.5 Å². The molecule has 13 N–H and O–H groups in total. The summed E-state index contributed by atoms with van der Waals surface area (Å²) in [6.45, 7) is 3.93. The van der Waals surface area contributed by atoms with Crippen LogP contribution in [0, 0.1) is 11.3 Å². The predicted molar refractivity (Wildman–Crippen MR) is 198 cm³/mol. The van der Waals surface area contributed by atoms with Gasteiger partial charge < -0.3 is 71.1 Å². The Bertz CT molecular complexity index is 1340. The molecule has 1 aromatic rings. The molecular weight excluding hydrogens is 748 g/mol. The summed E-state index contributed by atoms with van der Waals surface area (Å²) >= 11 is 5.83. The highest BCUT2D eigenvalue weighted by molar-refractivity contribution is 6.31. The van der Waals surface area contributed by atoms with E-state index in [4.69, 9.17) is 52.2 Å². The van der Waals surface area contributed by atoms with Crippen molar-refractivity contribution in [2.24, 2.45) is 5.92 Å². The van der Waals surface area contributed by atoms with Crippen molar-refractivity contribution in [3.63, 3.8) is 0 Å². The van der Waals surface area contributed by atoms with E-state index in [1.165, 1.54) is 0 Å². The number of aliphatic hydroxyl groups is 6. The van der Waals surface area contributed by atoms with Gasteiger partial charge in [0.2, 0.25) is 0 Å². The number of anilines is 2. The number of nitrogens with two attached hydrogens (primary N) is 2. The highest BCUT2D eigenvalue weighted by atomic mass is 35.5. The number of nitrogen functional groups attached to an aromatic ring is 2. The van der Waals surface area contributed by atoms with Crippen LogP contribution in [0.3, 0.4) is 0 Å². The minimum absolute atomic E-state index is 0.0165. The van der Waals surface area contributed by atoms with Gasteiger partial charge in [0.25, 0.3) is 5.91 Å². The number of aromatic nitrogens is 2. The number of halogens is 1. The van der Waals surface area contributed by atoms with E-state index in [1.54, 1.807) is 18.7 Å². The second-order valence-electron chi connectivity index (χ2n) is 14.4. The number of nitrogens with zero attached hydrogens (tertiary/aromatic N) is 3. The summed E-state index contributed by atoms with van der Waals surface area (Å²) in [5, 5.41) is 77.7. The number of guanidine groups is 1. The minimum Gasteiger partial charge on any atom is -0.389 e. The van der Waals surface area contributed by atoms with E-state index < -0.39 is 67.3 Å². The Morgan fingerprint density at radius 3 is 2.11 bits per heavy atom. The van der Waals surface area contributed by atoms with E-state index in [-0.39, 0.29) is 74.0 Å². The standard InChI is InChI=1S/C34H59ClN8O12/c1-17-52-15-23(54-17)28(48)26(46)21(44)13-43(14-22(45)27(47)29(49)24-16-53-18(2)55-24)10-11-51-20-8-5-7-19(12-20)6-3-4-9-39-34(38)42-33(50)25-31(36)41-32(37)30(35)40-25/h17-24,26-29,44-49H,3-16H2,1-2H3,(H4,36,37,41)(H3,38,39,42,50)/t17-,18-,19?,20?,21+,22+,23-,24-,26-,27-,28-,29-/m1/s1. The monoisotopic (exact) mass is 806 g/mol. The molecule has 2 unspecified atom stereocenters. The fourth-order valence-electron chi connectivity index (χ4n) is 6.97. The summed E-state index contributed by atoms with van der Waals surface area (Å²) < 4.78 is 27.8. The number of amides is 1. The lowest BCUT2D eigenvalue weighted by Crippen LogP contribution is -2.53. The number of hydrogen-bond donors (Lipinski definition) is 11. The maximum atomic E-state index is 12.4. The van der Waals surface area contributed by atoms with Crippen molar-refractivity contribution in [1.82, 2.24) is 25.5 Å².